The van der Waals surface area contributed by atoms with Crippen molar-refractivity contribution in [1.82, 2.24) is 0 Å². The lowest BCUT2D eigenvalue weighted by Gasteiger charge is -2.27. The lowest BCUT2D eigenvalue weighted by Crippen LogP contribution is -2.22. The summed E-state index contributed by atoms with van der Waals surface area (Å²) in [6.45, 7) is 5.99. The van der Waals surface area contributed by atoms with Crippen molar-refractivity contribution in [2.75, 3.05) is 6.61 Å². The van der Waals surface area contributed by atoms with Crippen LogP contribution in [0.5, 0.6) is 0 Å². The third-order valence-electron chi connectivity index (χ3n) is 6.05. The van der Waals surface area contributed by atoms with Crippen LogP contribution in [0.15, 0.2) is 72.8 Å². The molecule has 1 aliphatic carbocycles. The Morgan fingerprint density at radius 3 is 2.33 bits per heavy atom. The van der Waals surface area contributed by atoms with Gasteiger partial charge in [0.15, 0.2) is 12.3 Å². The summed E-state index contributed by atoms with van der Waals surface area (Å²) in [5.41, 5.74) is 3.28. The van der Waals surface area contributed by atoms with Crippen LogP contribution in [0.4, 0.5) is 13.2 Å². The molecule has 4 rings (SSSR count). The Balaban J connectivity index is 1.53. The predicted octanol–water partition coefficient (Wildman–Crippen LogP) is 7.17. The van der Waals surface area contributed by atoms with Crippen LogP contribution in [0, 0.1) is 11.7 Å². The Morgan fingerprint density at radius 2 is 1.70 bits per heavy atom. The van der Waals surface area contributed by atoms with Crippen molar-refractivity contribution in [1.29, 1.82) is 0 Å². The molecule has 4 atom stereocenters. The molecule has 30 heavy (non-hydrogen) atoms. The van der Waals surface area contributed by atoms with Crippen LogP contribution in [0.1, 0.15) is 37.0 Å². The van der Waals surface area contributed by atoms with E-state index in [-0.39, 0.29) is 11.9 Å². The van der Waals surface area contributed by atoms with E-state index in [4.69, 9.17) is 4.74 Å². The second-order valence-electron chi connectivity index (χ2n) is 8.05. The zero-order chi connectivity index (χ0) is 21.3. The van der Waals surface area contributed by atoms with E-state index in [1.807, 2.05) is 12.1 Å². The maximum Gasteiger partial charge on any atom is 0.161 e. The fourth-order valence-electron chi connectivity index (χ4n) is 4.08. The highest BCUT2D eigenvalue weighted by atomic mass is 19.2. The molecule has 1 aliphatic heterocycles. The molecule has 1 saturated heterocycles. The van der Waals surface area contributed by atoms with Crippen LogP contribution in [0.3, 0.4) is 0 Å². The monoisotopic (exact) mass is 410 g/mol. The van der Waals surface area contributed by atoms with Crippen LogP contribution in [-0.2, 0) is 4.74 Å². The lowest BCUT2D eigenvalue weighted by atomic mass is 9.89. The van der Waals surface area contributed by atoms with Crippen LogP contribution in [0.2, 0.25) is 0 Å². The number of hydrogen-bond donors (Lipinski definition) is 0. The third-order valence-corrected chi connectivity index (χ3v) is 6.05. The van der Waals surface area contributed by atoms with Crippen LogP contribution in [-0.4, -0.2) is 19.0 Å². The zero-order valence-electron chi connectivity index (χ0n) is 17.0. The summed E-state index contributed by atoms with van der Waals surface area (Å²) in [4.78, 5) is 0. The van der Waals surface area contributed by atoms with E-state index >= 15 is 0 Å². The summed E-state index contributed by atoms with van der Waals surface area (Å²) in [6, 6.07) is 12.1. The normalized spacial score (nSPS) is 26.7. The number of rotatable bonds is 4. The highest BCUT2D eigenvalue weighted by Crippen LogP contribution is 2.35. The van der Waals surface area contributed by atoms with Crippen LogP contribution >= 0.6 is 0 Å². The third kappa shape index (κ3) is 4.01. The summed E-state index contributed by atoms with van der Waals surface area (Å²) in [5, 5.41) is 0. The second-order valence-corrected chi connectivity index (χ2v) is 8.05. The average molecular weight is 410 g/mol. The van der Waals surface area contributed by atoms with Gasteiger partial charge in [0.2, 0.25) is 0 Å². The summed E-state index contributed by atoms with van der Waals surface area (Å²) in [6.07, 6.45) is 3.53. The summed E-state index contributed by atoms with van der Waals surface area (Å²) in [5.74, 6) is 0.0384. The predicted molar refractivity (Wildman–Crippen MR) is 115 cm³/mol. The average Bonchev–Trinajstić information content (AvgIpc) is 2.78. The van der Waals surface area contributed by atoms with Gasteiger partial charge < -0.3 is 4.74 Å². The van der Waals surface area contributed by atoms with Crippen molar-refractivity contribution in [2.24, 2.45) is 5.92 Å². The number of halogens is 3. The Kier molecular flexibility index (Phi) is 5.96. The van der Waals surface area contributed by atoms with E-state index in [0.29, 0.717) is 40.4 Å². The molecular weight excluding hydrogens is 385 g/mol. The van der Waals surface area contributed by atoms with Gasteiger partial charge in [-0.2, -0.15) is 0 Å². The number of hydrogen-bond acceptors (Lipinski definition) is 1. The molecule has 0 N–H and O–H groups in total. The summed E-state index contributed by atoms with van der Waals surface area (Å²) >= 11 is 0. The molecule has 4 heteroatoms. The second kappa shape index (κ2) is 8.65. The van der Waals surface area contributed by atoms with E-state index in [9.17, 15) is 13.2 Å². The lowest BCUT2D eigenvalue weighted by molar-refractivity contribution is -0.00528. The molecule has 1 nitrogen and oxygen atoms in total. The van der Waals surface area contributed by atoms with Crippen molar-refractivity contribution in [3.8, 4) is 11.1 Å². The molecule has 1 fully saturated rings. The summed E-state index contributed by atoms with van der Waals surface area (Å²) < 4.78 is 49.1. The van der Waals surface area contributed by atoms with Crippen molar-refractivity contribution >= 4 is 5.57 Å². The van der Waals surface area contributed by atoms with Gasteiger partial charge in [-0.25, -0.2) is 13.2 Å². The van der Waals surface area contributed by atoms with E-state index in [0.717, 1.165) is 18.4 Å². The number of benzene rings is 2. The van der Waals surface area contributed by atoms with Gasteiger partial charge in [-0.05, 0) is 53.7 Å². The Morgan fingerprint density at radius 1 is 0.967 bits per heavy atom. The maximum absolute atomic E-state index is 14.8. The van der Waals surface area contributed by atoms with Gasteiger partial charge in [-0.3, -0.25) is 0 Å². The number of allylic oxidation sites excluding steroid dienone is 4. The van der Waals surface area contributed by atoms with Crippen molar-refractivity contribution in [3.05, 3.63) is 89.8 Å². The van der Waals surface area contributed by atoms with E-state index in [1.165, 1.54) is 6.07 Å². The molecule has 2 aromatic rings. The van der Waals surface area contributed by atoms with Gasteiger partial charge in [0.25, 0.3) is 0 Å². The minimum absolute atomic E-state index is 0.1000. The smallest absolute Gasteiger partial charge is 0.161 e. The fourth-order valence-corrected chi connectivity index (χ4v) is 4.08. The molecule has 1 heterocycles. The first-order chi connectivity index (χ1) is 14.5. The molecule has 156 valence electrons. The van der Waals surface area contributed by atoms with Crippen LogP contribution < -0.4 is 0 Å². The molecule has 2 aliphatic rings. The zero-order valence-corrected chi connectivity index (χ0v) is 17.0. The molecule has 0 radical (unpaired) electrons. The molecule has 0 saturated carbocycles. The first-order valence-electron chi connectivity index (χ1n) is 10.3. The van der Waals surface area contributed by atoms with Crippen LogP contribution in [0.25, 0.3) is 16.7 Å². The molecular formula is C26H25F3O. The molecule has 0 bridgehead atoms. The largest absolute Gasteiger partial charge is 0.373 e. The van der Waals surface area contributed by atoms with Gasteiger partial charge in [-0.15, -0.1) is 6.58 Å². The van der Waals surface area contributed by atoms with Crippen molar-refractivity contribution in [3.63, 3.8) is 0 Å². The quantitative estimate of drug-likeness (QED) is 0.486. The minimum atomic E-state index is -1.69. The number of alkyl halides is 2. The SMILES string of the molecule is C=CC1CCC(c2ccc(-c3ccc(C4=CC=C(C)C(F)C4F)cc3)c(F)c2)OC1. The first-order valence-corrected chi connectivity index (χ1v) is 10.3. The van der Waals surface area contributed by atoms with E-state index in [1.54, 1.807) is 49.4 Å². The highest BCUT2D eigenvalue weighted by Gasteiger charge is 2.29. The van der Waals surface area contributed by atoms with Crippen molar-refractivity contribution in [2.45, 2.75) is 38.2 Å². The molecule has 0 amide bonds. The fraction of sp³-hybridized carbons (Fsp3) is 0.308. The van der Waals surface area contributed by atoms with Gasteiger partial charge in [0.05, 0.1) is 12.7 Å². The van der Waals surface area contributed by atoms with Gasteiger partial charge in [0, 0.05) is 11.5 Å². The van der Waals surface area contributed by atoms with Gasteiger partial charge >= 0.3 is 0 Å². The molecule has 0 aromatic heterocycles. The minimum Gasteiger partial charge on any atom is -0.373 e. The van der Waals surface area contributed by atoms with Gasteiger partial charge in [-0.1, -0.05) is 54.6 Å². The Labute approximate surface area is 175 Å². The Bertz CT molecular complexity index is 982. The summed E-state index contributed by atoms with van der Waals surface area (Å²) in [7, 11) is 0. The standard InChI is InChI=1S/C26H25F3O/c1-3-17-5-13-24(30-15-17)20-10-12-21(23(27)14-20)18-6-8-19(9-7-18)22-11-4-16(2)25(28)26(22)29/h3-4,6-12,14,17,24-26H,1,5,13,15H2,2H3. The number of ether oxygens (including phenoxy) is 1. The Hall–Kier alpha value is -2.59. The maximum atomic E-state index is 14.8. The van der Waals surface area contributed by atoms with Gasteiger partial charge in [0.1, 0.15) is 5.82 Å². The van der Waals surface area contributed by atoms with E-state index < -0.39 is 12.3 Å². The molecule has 4 unspecified atom stereocenters. The topological polar surface area (TPSA) is 9.23 Å². The molecule has 2 aromatic carbocycles. The molecule has 0 spiro atoms. The van der Waals surface area contributed by atoms with Crippen molar-refractivity contribution < 1.29 is 17.9 Å². The highest BCUT2D eigenvalue weighted by molar-refractivity contribution is 5.75. The first kappa shape index (κ1) is 20.7. The van der Waals surface area contributed by atoms with E-state index in [2.05, 4.69) is 6.58 Å².